The largest absolute Gasteiger partial charge is 0.322 e. The van der Waals surface area contributed by atoms with Gasteiger partial charge in [0.25, 0.3) is 0 Å². The van der Waals surface area contributed by atoms with Crippen LogP contribution in [0.2, 0.25) is 0 Å². The summed E-state index contributed by atoms with van der Waals surface area (Å²) in [6.45, 7) is 0.545. The Labute approximate surface area is 152 Å². The molecule has 1 aliphatic rings. The lowest BCUT2D eigenvalue weighted by Gasteiger charge is -2.24. The summed E-state index contributed by atoms with van der Waals surface area (Å²) in [4.78, 5) is 14.4. The van der Waals surface area contributed by atoms with Crippen molar-refractivity contribution in [1.29, 1.82) is 0 Å². The van der Waals surface area contributed by atoms with Crippen molar-refractivity contribution in [3.05, 3.63) is 76.6 Å². The summed E-state index contributed by atoms with van der Waals surface area (Å²) in [7, 11) is -3.57. The van der Waals surface area contributed by atoms with Crippen molar-refractivity contribution in [2.45, 2.75) is 30.2 Å². The lowest BCUT2D eigenvalue weighted by Crippen LogP contribution is -2.36. The van der Waals surface area contributed by atoms with Crippen LogP contribution in [0.4, 0.5) is 0 Å². The number of benzene rings is 2. The molecule has 26 heavy (non-hydrogen) atoms. The number of fused-ring (bicyclic) bond motifs is 1. The summed E-state index contributed by atoms with van der Waals surface area (Å²) in [5.74, 6) is 0. The number of aromatic nitrogens is 1. The second-order valence-electron chi connectivity index (χ2n) is 6.67. The minimum Gasteiger partial charge on any atom is -0.322 e. The van der Waals surface area contributed by atoms with Gasteiger partial charge in [-0.25, -0.2) is 8.42 Å². The number of hydrogen-bond donors (Lipinski definition) is 1. The number of H-pyrrole nitrogens is 1. The van der Waals surface area contributed by atoms with E-state index in [1.165, 1.54) is 6.07 Å². The molecule has 1 aromatic heterocycles. The smallest absolute Gasteiger partial charge is 0.248 e. The predicted molar refractivity (Wildman–Crippen MR) is 102 cm³/mol. The highest BCUT2D eigenvalue weighted by Crippen LogP contribution is 2.29. The van der Waals surface area contributed by atoms with Crippen molar-refractivity contribution in [2.75, 3.05) is 6.54 Å². The Morgan fingerprint density at radius 2 is 1.85 bits per heavy atom. The van der Waals surface area contributed by atoms with Crippen molar-refractivity contribution in [2.24, 2.45) is 0 Å². The Balaban J connectivity index is 1.66. The van der Waals surface area contributed by atoms with Gasteiger partial charge in [-0.15, -0.1) is 0 Å². The van der Waals surface area contributed by atoms with E-state index in [2.05, 4.69) is 4.98 Å². The van der Waals surface area contributed by atoms with Gasteiger partial charge in [-0.3, -0.25) is 4.79 Å². The van der Waals surface area contributed by atoms with Crippen LogP contribution in [0.3, 0.4) is 0 Å². The molecule has 1 fully saturated rings. The maximum Gasteiger partial charge on any atom is 0.248 e. The predicted octanol–water partition coefficient (Wildman–Crippen LogP) is 2.92. The molecule has 0 radical (unpaired) electrons. The van der Waals surface area contributed by atoms with E-state index in [-0.39, 0.29) is 16.5 Å². The van der Waals surface area contributed by atoms with E-state index in [1.54, 1.807) is 28.6 Å². The number of aromatic amines is 1. The van der Waals surface area contributed by atoms with Crippen LogP contribution in [0.5, 0.6) is 0 Å². The summed E-state index contributed by atoms with van der Waals surface area (Å²) < 4.78 is 28.0. The summed E-state index contributed by atoms with van der Waals surface area (Å²) >= 11 is 0. The Kier molecular flexibility index (Phi) is 4.38. The van der Waals surface area contributed by atoms with Crippen molar-refractivity contribution in [3.8, 4) is 0 Å². The van der Waals surface area contributed by atoms with E-state index < -0.39 is 10.0 Å². The first-order valence-corrected chi connectivity index (χ1v) is 10.2. The van der Waals surface area contributed by atoms with Crippen molar-refractivity contribution < 1.29 is 8.42 Å². The minimum atomic E-state index is -3.57. The lowest BCUT2D eigenvalue weighted by molar-refractivity contribution is 0.385. The van der Waals surface area contributed by atoms with Gasteiger partial charge in [0.1, 0.15) is 0 Å². The molecular weight excluding hydrogens is 348 g/mol. The monoisotopic (exact) mass is 368 g/mol. The van der Waals surface area contributed by atoms with E-state index in [0.29, 0.717) is 17.4 Å². The zero-order valence-corrected chi connectivity index (χ0v) is 15.1. The Hall–Kier alpha value is -2.44. The molecule has 1 aliphatic heterocycles. The molecule has 1 saturated heterocycles. The second-order valence-corrected chi connectivity index (χ2v) is 8.56. The molecule has 4 rings (SSSR count). The minimum absolute atomic E-state index is 0.0197. The maximum atomic E-state index is 13.2. The summed E-state index contributed by atoms with van der Waals surface area (Å²) in [6, 6.07) is 17.9. The molecule has 3 aromatic rings. The molecule has 0 saturated carbocycles. The van der Waals surface area contributed by atoms with E-state index >= 15 is 0 Å². The number of sulfonamides is 1. The molecule has 0 amide bonds. The van der Waals surface area contributed by atoms with Gasteiger partial charge >= 0.3 is 0 Å². The molecule has 5 nitrogen and oxygen atoms in total. The van der Waals surface area contributed by atoms with Crippen molar-refractivity contribution in [3.63, 3.8) is 0 Å². The first kappa shape index (κ1) is 17.0. The summed E-state index contributed by atoms with van der Waals surface area (Å²) in [6.07, 6.45) is 2.47. The fourth-order valence-electron chi connectivity index (χ4n) is 3.64. The number of nitrogens with one attached hydrogen (secondary N) is 1. The molecule has 2 aromatic carbocycles. The highest BCUT2D eigenvalue weighted by atomic mass is 32.2. The fourth-order valence-corrected chi connectivity index (χ4v) is 5.37. The van der Waals surface area contributed by atoms with Gasteiger partial charge in [-0.2, -0.15) is 4.31 Å². The van der Waals surface area contributed by atoms with Crippen LogP contribution < -0.4 is 5.56 Å². The van der Waals surface area contributed by atoms with Crippen molar-refractivity contribution >= 4 is 20.9 Å². The van der Waals surface area contributed by atoms with Gasteiger partial charge in [0.05, 0.1) is 4.90 Å². The second kappa shape index (κ2) is 6.70. The van der Waals surface area contributed by atoms with E-state index in [1.807, 2.05) is 30.3 Å². The SMILES string of the molecule is O=c1ccc2cc(S(=O)(=O)N3CCCC3Cc3ccccc3)ccc2[nH]1. The molecule has 2 heterocycles. The molecule has 1 unspecified atom stereocenters. The summed E-state index contributed by atoms with van der Waals surface area (Å²) in [5.41, 5.74) is 1.59. The Morgan fingerprint density at radius 3 is 2.65 bits per heavy atom. The van der Waals surface area contributed by atoms with Crippen LogP contribution in [0.15, 0.2) is 70.4 Å². The fraction of sp³-hybridized carbons (Fsp3) is 0.250. The average Bonchev–Trinajstić information content (AvgIpc) is 3.11. The van der Waals surface area contributed by atoms with E-state index in [4.69, 9.17) is 0 Å². The highest BCUT2D eigenvalue weighted by Gasteiger charge is 2.35. The van der Waals surface area contributed by atoms with Crippen LogP contribution >= 0.6 is 0 Å². The van der Waals surface area contributed by atoms with Crippen LogP contribution in [-0.2, 0) is 16.4 Å². The van der Waals surface area contributed by atoms with Gasteiger partial charge in [0, 0.05) is 24.2 Å². The molecule has 134 valence electrons. The van der Waals surface area contributed by atoms with Crippen LogP contribution in [0.1, 0.15) is 18.4 Å². The number of rotatable bonds is 4. The van der Waals surface area contributed by atoms with E-state index in [9.17, 15) is 13.2 Å². The molecular formula is C20H20N2O3S. The first-order valence-electron chi connectivity index (χ1n) is 8.73. The lowest BCUT2D eigenvalue weighted by atomic mass is 10.1. The number of pyridine rings is 1. The third-order valence-electron chi connectivity index (χ3n) is 4.94. The summed E-state index contributed by atoms with van der Waals surface area (Å²) in [5, 5.41) is 0.712. The topological polar surface area (TPSA) is 70.2 Å². The van der Waals surface area contributed by atoms with Crippen LogP contribution in [0.25, 0.3) is 10.9 Å². The standard InChI is InChI=1S/C20H20N2O3S/c23-20-11-8-16-14-18(9-10-19(16)21-20)26(24,25)22-12-4-7-17(22)13-15-5-2-1-3-6-15/h1-3,5-6,8-11,14,17H,4,7,12-13H2,(H,21,23). The average molecular weight is 368 g/mol. The van der Waals surface area contributed by atoms with E-state index in [0.717, 1.165) is 24.8 Å². The Morgan fingerprint density at radius 1 is 1.04 bits per heavy atom. The molecule has 0 bridgehead atoms. The van der Waals surface area contributed by atoms with Gasteiger partial charge in [-0.1, -0.05) is 30.3 Å². The molecule has 6 heteroatoms. The van der Waals surface area contributed by atoms with Crippen LogP contribution in [0, 0.1) is 0 Å². The quantitative estimate of drug-likeness (QED) is 0.770. The van der Waals surface area contributed by atoms with Gasteiger partial charge in [0.15, 0.2) is 0 Å². The third kappa shape index (κ3) is 3.18. The molecule has 1 N–H and O–H groups in total. The van der Waals surface area contributed by atoms with Gasteiger partial charge in [-0.05, 0) is 54.5 Å². The molecule has 0 spiro atoms. The Bertz CT molecular complexity index is 1090. The third-order valence-corrected chi connectivity index (χ3v) is 6.89. The zero-order valence-electron chi connectivity index (χ0n) is 14.3. The van der Waals surface area contributed by atoms with Crippen molar-refractivity contribution in [1.82, 2.24) is 9.29 Å². The van der Waals surface area contributed by atoms with Crippen LogP contribution in [-0.4, -0.2) is 30.3 Å². The zero-order chi connectivity index (χ0) is 18.1. The highest BCUT2D eigenvalue weighted by molar-refractivity contribution is 7.89. The normalized spacial score (nSPS) is 18.4. The number of hydrogen-bond acceptors (Lipinski definition) is 3. The van der Waals surface area contributed by atoms with Gasteiger partial charge < -0.3 is 4.98 Å². The van der Waals surface area contributed by atoms with Gasteiger partial charge in [0.2, 0.25) is 15.6 Å². The molecule has 1 atom stereocenters. The maximum absolute atomic E-state index is 13.2. The molecule has 0 aliphatic carbocycles. The first-order chi connectivity index (χ1) is 12.5. The number of nitrogens with zero attached hydrogens (tertiary/aromatic N) is 1.